The highest BCUT2D eigenvalue weighted by Crippen LogP contribution is 2.10. The van der Waals surface area contributed by atoms with Gasteiger partial charge >= 0.3 is 5.97 Å². The molecule has 144 valence electrons. The van der Waals surface area contributed by atoms with Gasteiger partial charge in [-0.05, 0) is 44.9 Å². The number of hydrogen-bond donors (Lipinski definition) is 3. The van der Waals surface area contributed by atoms with Crippen LogP contribution in [-0.4, -0.2) is 48.2 Å². The lowest BCUT2D eigenvalue weighted by atomic mass is 10.1. The lowest BCUT2D eigenvalue weighted by Crippen LogP contribution is -2.42. The standard InChI is InChI=1S/C19H28N2O5/c1-19(2,3)26-11-10-15(18(24)25)21-16(22)9-8-13-6-5-7-14(12-13)17(23)20-4/h5-7,12,15H,8-11H2,1-4H3,(H,20,23)(H,21,22)(H,24,25). The second kappa shape index (κ2) is 9.91. The highest BCUT2D eigenvalue weighted by atomic mass is 16.5. The molecule has 7 nitrogen and oxygen atoms in total. The summed E-state index contributed by atoms with van der Waals surface area (Å²) in [7, 11) is 1.55. The van der Waals surface area contributed by atoms with Gasteiger partial charge in [-0.3, -0.25) is 9.59 Å². The molecule has 0 saturated heterocycles. The number of carbonyl (C=O) groups is 3. The fraction of sp³-hybridized carbons (Fsp3) is 0.526. The summed E-state index contributed by atoms with van der Waals surface area (Å²) in [4.78, 5) is 35.0. The average Bonchev–Trinajstić information content (AvgIpc) is 2.57. The molecule has 0 aliphatic carbocycles. The third-order valence-corrected chi connectivity index (χ3v) is 3.63. The zero-order valence-electron chi connectivity index (χ0n) is 15.8. The van der Waals surface area contributed by atoms with Crippen molar-refractivity contribution in [1.82, 2.24) is 10.6 Å². The van der Waals surface area contributed by atoms with Crippen LogP contribution in [0.4, 0.5) is 0 Å². The Kier molecular flexibility index (Phi) is 8.25. The van der Waals surface area contributed by atoms with Crippen LogP contribution in [-0.2, 0) is 20.7 Å². The van der Waals surface area contributed by atoms with Gasteiger partial charge in [0.2, 0.25) is 5.91 Å². The molecule has 1 unspecified atom stereocenters. The van der Waals surface area contributed by atoms with Gasteiger partial charge in [0.05, 0.1) is 5.60 Å². The van der Waals surface area contributed by atoms with Gasteiger partial charge in [-0.15, -0.1) is 0 Å². The summed E-state index contributed by atoms with van der Waals surface area (Å²) >= 11 is 0. The number of rotatable bonds is 9. The summed E-state index contributed by atoms with van der Waals surface area (Å²) in [5.41, 5.74) is 1.00. The molecular formula is C19H28N2O5. The smallest absolute Gasteiger partial charge is 0.326 e. The van der Waals surface area contributed by atoms with Crippen LogP contribution in [0.25, 0.3) is 0 Å². The number of ether oxygens (including phenoxy) is 1. The van der Waals surface area contributed by atoms with Crippen LogP contribution in [0, 0.1) is 0 Å². The first-order chi connectivity index (χ1) is 12.1. The number of aryl methyl sites for hydroxylation is 1. The van der Waals surface area contributed by atoms with Crippen molar-refractivity contribution in [3.05, 3.63) is 35.4 Å². The summed E-state index contributed by atoms with van der Waals surface area (Å²) in [6, 6.07) is 6.01. The van der Waals surface area contributed by atoms with Crippen LogP contribution >= 0.6 is 0 Å². The Morgan fingerprint density at radius 3 is 2.50 bits per heavy atom. The monoisotopic (exact) mass is 364 g/mol. The Balaban J connectivity index is 2.53. The van der Waals surface area contributed by atoms with Crippen LogP contribution in [0.15, 0.2) is 24.3 Å². The summed E-state index contributed by atoms with van der Waals surface area (Å²) in [5.74, 6) is -1.63. The largest absolute Gasteiger partial charge is 0.480 e. The van der Waals surface area contributed by atoms with Crippen molar-refractivity contribution in [2.75, 3.05) is 13.7 Å². The Morgan fingerprint density at radius 2 is 1.92 bits per heavy atom. The van der Waals surface area contributed by atoms with Gasteiger partial charge in [0.25, 0.3) is 5.91 Å². The van der Waals surface area contributed by atoms with E-state index >= 15 is 0 Å². The summed E-state index contributed by atoms with van der Waals surface area (Å²) in [6.07, 6.45) is 0.757. The molecule has 1 aromatic carbocycles. The Hall–Kier alpha value is -2.41. The number of hydrogen-bond acceptors (Lipinski definition) is 4. The molecule has 0 fully saturated rings. The lowest BCUT2D eigenvalue weighted by Gasteiger charge is -2.21. The van der Waals surface area contributed by atoms with Crippen molar-refractivity contribution in [2.45, 2.75) is 51.7 Å². The van der Waals surface area contributed by atoms with Crippen molar-refractivity contribution in [2.24, 2.45) is 0 Å². The van der Waals surface area contributed by atoms with E-state index in [1.807, 2.05) is 26.8 Å². The normalized spacial score (nSPS) is 12.3. The molecule has 26 heavy (non-hydrogen) atoms. The molecule has 0 aromatic heterocycles. The maximum Gasteiger partial charge on any atom is 0.326 e. The predicted molar refractivity (Wildman–Crippen MR) is 98.0 cm³/mol. The zero-order valence-corrected chi connectivity index (χ0v) is 15.8. The van der Waals surface area contributed by atoms with E-state index in [2.05, 4.69) is 10.6 Å². The van der Waals surface area contributed by atoms with Crippen molar-refractivity contribution in [1.29, 1.82) is 0 Å². The van der Waals surface area contributed by atoms with E-state index in [1.54, 1.807) is 25.2 Å². The number of benzene rings is 1. The molecular weight excluding hydrogens is 336 g/mol. The van der Waals surface area contributed by atoms with Gasteiger partial charge in [-0.25, -0.2) is 4.79 Å². The van der Waals surface area contributed by atoms with Crippen molar-refractivity contribution < 1.29 is 24.2 Å². The molecule has 1 rings (SSSR count). The van der Waals surface area contributed by atoms with Gasteiger partial charge in [0.15, 0.2) is 0 Å². The van der Waals surface area contributed by atoms with Gasteiger partial charge < -0.3 is 20.5 Å². The summed E-state index contributed by atoms with van der Waals surface area (Å²) in [5, 5.41) is 14.3. The fourth-order valence-corrected chi connectivity index (χ4v) is 2.28. The molecule has 0 aliphatic rings. The minimum Gasteiger partial charge on any atom is -0.480 e. The molecule has 1 atom stereocenters. The van der Waals surface area contributed by atoms with Crippen LogP contribution < -0.4 is 10.6 Å². The highest BCUT2D eigenvalue weighted by molar-refractivity contribution is 5.94. The minimum absolute atomic E-state index is 0.140. The van der Waals surface area contributed by atoms with E-state index in [4.69, 9.17) is 4.74 Å². The number of aliphatic carboxylic acids is 1. The molecule has 0 aliphatic heterocycles. The Labute approximate surface area is 154 Å². The van der Waals surface area contributed by atoms with Crippen LogP contribution in [0.1, 0.15) is 49.5 Å². The molecule has 0 bridgehead atoms. The van der Waals surface area contributed by atoms with Crippen LogP contribution in [0.2, 0.25) is 0 Å². The Bertz CT molecular complexity index is 637. The molecule has 0 heterocycles. The quantitative estimate of drug-likeness (QED) is 0.619. The number of carboxylic acids is 1. The van der Waals surface area contributed by atoms with E-state index in [1.165, 1.54) is 0 Å². The second-order valence-corrected chi connectivity index (χ2v) is 6.99. The van der Waals surface area contributed by atoms with Crippen LogP contribution in [0.3, 0.4) is 0 Å². The van der Waals surface area contributed by atoms with E-state index < -0.39 is 12.0 Å². The summed E-state index contributed by atoms with van der Waals surface area (Å²) < 4.78 is 5.51. The summed E-state index contributed by atoms with van der Waals surface area (Å²) in [6.45, 7) is 5.89. The first-order valence-electron chi connectivity index (χ1n) is 8.59. The molecule has 3 N–H and O–H groups in total. The van der Waals surface area contributed by atoms with Gasteiger partial charge in [-0.1, -0.05) is 12.1 Å². The predicted octanol–water partition coefficient (Wildman–Crippen LogP) is 1.75. The fourth-order valence-electron chi connectivity index (χ4n) is 2.28. The lowest BCUT2D eigenvalue weighted by molar-refractivity contribution is -0.142. The third-order valence-electron chi connectivity index (χ3n) is 3.63. The zero-order chi connectivity index (χ0) is 19.7. The van der Waals surface area contributed by atoms with Crippen molar-refractivity contribution in [3.8, 4) is 0 Å². The molecule has 2 amide bonds. The van der Waals surface area contributed by atoms with Gasteiger partial charge in [0, 0.05) is 32.1 Å². The van der Waals surface area contributed by atoms with Crippen LogP contribution in [0.5, 0.6) is 0 Å². The molecule has 7 heteroatoms. The van der Waals surface area contributed by atoms with Crippen molar-refractivity contribution >= 4 is 17.8 Å². The van der Waals surface area contributed by atoms with Crippen molar-refractivity contribution in [3.63, 3.8) is 0 Å². The number of amides is 2. The molecule has 1 aromatic rings. The molecule has 0 spiro atoms. The maximum atomic E-state index is 12.1. The van der Waals surface area contributed by atoms with E-state index in [-0.39, 0.29) is 36.9 Å². The molecule has 0 radical (unpaired) electrons. The first-order valence-corrected chi connectivity index (χ1v) is 8.59. The SMILES string of the molecule is CNC(=O)c1cccc(CCC(=O)NC(CCOC(C)(C)C)C(=O)O)c1. The van der Waals surface area contributed by atoms with Gasteiger partial charge in [-0.2, -0.15) is 0 Å². The number of nitrogens with one attached hydrogen (secondary N) is 2. The average molecular weight is 364 g/mol. The minimum atomic E-state index is -1.09. The van der Waals surface area contributed by atoms with Gasteiger partial charge in [0.1, 0.15) is 6.04 Å². The number of carbonyl (C=O) groups excluding carboxylic acids is 2. The highest BCUT2D eigenvalue weighted by Gasteiger charge is 2.21. The third kappa shape index (κ3) is 8.11. The van der Waals surface area contributed by atoms with E-state index in [9.17, 15) is 19.5 Å². The second-order valence-electron chi connectivity index (χ2n) is 6.99. The maximum absolute atomic E-state index is 12.1. The topological polar surface area (TPSA) is 105 Å². The molecule has 0 saturated carbocycles. The Morgan fingerprint density at radius 1 is 1.23 bits per heavy atom. The first kappa shape index (κ1) is 21.6. The van der Waals surface area contributed by atoms with E-state index in [0.717, 1.165) is 5.56 Å². The number of carboxylic acid groups (broad SMARTS) is 1. The van der Waals surface area contributed by atoms with E-state index in [0.29, 0.717) is 12.0 Å².